The van der Waals surface area contributed by atoms with Crippen molar-refractivity contribution in [1.82, 2.24) is 44.5 Å². The van der Waals surface area contributed by atoms with Crippen molar-refractivity contribution in [2.45, 2.75) is 117 Å². The minimum absolute atomic E-state index is 0.0172. The lowest BCUT2D eigenvalue weighted by molar-refractivity contribution is -0.151. The number of nitrogens with one attached hydrogen (secondary N) is 1. The molecule has 3 aromatic carbocycles. The van der Waals surface area contributed by atoms with Crippen molar-refractivity contribution < 1.29 is 52.8 Å². The van der Waals surface area contributed by atoms with E-state index < -0.39 is 5.97 Å². The van der Waals surface area contributed by atoms with Gasteiger partial charge in [-0.15, -0.1) is 0 Å². The van der Waals surface area contributed by atoms with Crippen LogP contribution in [0.4, 0.5) is 14.4 Å². The summed E-state index contributed by atoms with van der Waals surface area (Å²) in [5, 5.41) is 12.4. The maximum atomic E-state index is 13.5. The van der Waals surface area contributed by atoms with Gasteiger partial charge in [-0.2, -0.15) is 0 Å². The second-order valence-corrected chi connectivity index (χ2v) is 27.4. The van der Waals surface area contributed by atoms with E-state index in [0.29, 0.717) is 90.8 Å². The number of carboxylic acids is 1. The zero-order chi connectivity index (χ0) is 61.8. The molecule has 6 aliphatic heterocycles. The summed E-state index contributed by atoms with van der Waals surface area (Å²) in [7, 11) is 12.9. The Labute approximate surface area is 514 Å². The van der Waals surface area contributed by atoms with Gasteiger partial charge in [0.25, 0.3) is 0 Å². The monoisotopic (exact) mass is 1200 g/mol. The molecule has 0 radical (unpaired) electrons. The number of urea groups is 3. The summed E-state index contributed by atoms with van der Waals surface area (Å²) in [5.74, 6) is -0.228. The number of nitrogens with zero attached hydrogens (tertiary/aromatic N) is 8. The molecular formula is C67H95N9O11. The SMILES string of the molecule is CC(=O)CN1CC2(CCC(c3ccccc3)(N(C)C)CC2)NC1=O.CN(C)C1(c2ccccc2)CCC2(CC1)CN(CC(=O)O)C(=O)N2CC1COC1.CN(C)C1(c2ccccc2)CCC2(CC1)CN(CC(=O)OCC1COC1)C(=O)N2CC1COC1. The summed E-state index contributed by atoms with van der Waals surface area (Å²) in [6, 6.07) is 31.7. The Morgan fingerprint density at radius 3 is 1.21 bits per heavy atom. The molecule has 87 heavy (non-hydrogen) atoms. The van der Waals surface area contributed by atoms with E-state index in [9.17, 15) is 33.9 Å². The van der Waals surface area contributed by atoms with E-state index in [-0.39, 0.29) is 88.6 Å². The van der Waals surface area contributed by atoms with Crippen molar-refractivity contribution in [1.29, 1.82) is 0 Å². The molecule has 6 saturated heterocycles. The zero-order valence-electron chi connectivity index (χ0n) is 52.6. The highest BCUT2D eigenvalue weighted by atomic mass is 16.5. The van der Waals surface area contributed by atoms with E-state index in [1.807, 2.05) is 17.0 Å². The fraction of sp³-hybridized carbons (Fsp3) is 0.642. The third-order valence-corrected chi connectivity index (χ3v) is 21.4. The molecule has 2 N–H and O–H groups in total. The summed E-state index contributed by atoms with van der Waals surface area (Å²) in [6.07, 6.45) is 11.2. The fourth-order valence-electron chi connectivity index (χ4n) is 15.8. The van der Waals surface area contributed by atoms with E-state index in [2.05, 4.69) is 146 Å². The largest absolute Gasteiger partial charge is 0.480 e. The number of carbonyl (C=O) groups is 6. The number of carboxylic acid groups (broad SMARTS) is 1. The number of Topliss-reactive ketones (excluding diaryl/α,β-unsaturated/α-hetero) is 1. The summed E-state index contributed by atoms with van der Waals surface area (Å²) >= 11 is 0. The number of hydrogen-bond acceptors (Lipinski definition) is 13. The van der Waals surface area contributed by atoms with E-state index in [0.717, 1.165) is 77.0 Å². The maximum Gasteiger partial charge on any atom is 0.325 e. The number of ether oxygens (including phenoxy) is 4. The molecule has 6 amide bonds. The van der Waals surface area contributed by atoms with Crippen molar-refractivity contribution in [2.24, 2.45) is 17.8 Å². The van der Waals surface area contributed by atoms with Gasteiger partial charge in [0.1, 0.15) is 18.9 Å². The van der Waals surface area contributed by atoms with Crippen molar-refractivity contribution in [2.75, 3.05) is 141 Å². The number of hydrogen-bond donors (Lipinski definition) is 2. The lowest BCUT2D eigenvalue weighted by Crippen LogP contribution is -2.57. The average Bonchev–Trinajstić information content (AvgIpc) is 1.71. The van der Waals surface area contributed by atoms with E-state index in [1.165, 1.54) is 28.5 Å². The van der Waals surface area contributed by atoms with Crippen molar-refractivity contribution >= 4 is 35.8 Å². The molecule has 3 saturated carbocycles. The lowest BCUT2D eigenvalue weighted by atomic mass is 9.68. The van der Waals surface area contributed by atoms with Crippen LogP contribution < -0.4 is 5.32 Å². The van der Waals surface area contributed by atoms with E-state index >= 15 is 0 Å². The summed E-state index contributed by atoms with van der Waals surface area (Å²) < 4.78 is 21.3. The molecule has 12 rings (SSSR count). The number of amides is 6. The molecule has 3 spiro atoms. The van der Waals surface area contributed by atoms with Crippen molar-refractivity contribution in [3.63, 3.8) is 0 Å². The van der Waals surface area contributed by atoms with Crippen molar-refractivity contribution in [3.8, 4) is 0 Å². The number of carbonyl (C=O) groups excluding carboxylic acids is 5. The molecule has 20 heteroatoms. The van der Waals surface area contributed by atoms with Gasteiger partial charge in [0.2, 0.25) is 0 Å². The minimum Gasteiger partial charge on any atom is -0.480 e. The fourth-order valence-corrected chi connectivity index (χ4v) is 15.8. The molecule has 9 fully saturated rings. The van der Waals surface area contributed by atoms with Gasteiger partial charge in [-0.1, -0.05) is 91.0 Å². The second-order valence-electron chi connectivity index (χ2n) is 27.4. The molecule has 0 unspecified atom stereocenters. The summed E-state index contributed by atoms with van der Waals surface area (Å²) in [5.41, 5.74) is 3.20. The smallest absolute Gasteiger partial charge is 0.325 e. The molecule has 0 atom stereocenters. The first-order chi connectivity index (χ1) is 41.6. The van der Waals surface area contributed by atoms with Gasteiger partial charge in [-0.3, -0.25) is 29.1 Å². The number of aliphatic carboxylic acids is 1. The molecule has 6 heterocycles. The molecule has 474 valence electrons. The van der Waals surface area contributed by atoms with Gasteiger partial charge in [0.05, 0.1) is 69.4 Å². The Morgan fingerprint density at radius 2 is 0.874 bits per heavy atom. The number of benzene rings is 3. The quantitative estimate of drug-likeness (QED) is 0.124. The van der Waals surface area contributed by atoms with Crippen LogP contribution in [0.15, 0.2) is 91.0 Å². The van der Waals surface area contributed by atoms with Crippen LogP contribution in [-0.2, 0) is 49.9 Å². The third kappa shape index (κ3) is 13.3. The molecule has 9 aliphatic rings. The standard InChI is InChI=1S/C26H37N3O5.C22H31N3O4.C19H27N3O2/c1-27(2)26(22-6-4-3-5-7-22)10-8-25(9-11-26)19-28(13-23(30)34-18-21-16-33-17-21)24(31)29(25)12-20-14-32-15-20;1-23(2)22(18-6-4-3-5-7-18)10-8-21(9-11-22)16-24(13-19(26)27)20(28)25(21)12-17-14-29-15-17;1-15(23)13-22-14-18(20-17(22)24)9-11-19(12-10-18,21(2)3)16-7-5-4-6-8-16/h3-7,20-21H,8-19H2,1-2H3;3-7,17H,8-16H2,1-2H3,(H,26,27);4-8H,9-14H2,1-3H3,(H,20,24). The van der Waals surface area contributed by atoms with Gasteiger partial charge in [-0.25, -0.2) is 14.4 Å². The van der Waals surface area contributed by atoms with Crippen LogP contribution in [-0.4, -0.2) is 238 Å². The minimum atomic E-state index is -0.954. The predicted octanol–water partition coefficient (Wildman–Crippen LogP) is 6.93. The highest BCUT2D eigenvalue weighted by Gasteiger charge is 2.58. The normalized spacial score (nSPS) is 30.1. The highest BCUT2D eigenvalue weighted by Crippen LogP contribution is 2.52. The van der Waals surface area contributed by atoms with E-state index in [4.69, 9.17) is 18.9 Å². The molecule has 20 nitrogen and oxygen atoms in total. The van der Waals surface area contributed by atoms with Crippen LogP contribution in [0.1, 0.15) is 101 Å². The van der Waals surface area contributed by atoms with Crippen LogP contribution in [0.5, 0.6) is 0 Å². The van der Waals surface area contributed by atoms with Gasteiger partial charge in [0.15, 0.2) is 0 Å². The Kier molecular flexibility index (Phi) is 19.4. The van der Waals surface area contributed by atoms with E-state index in [1.54, 1.807) is 9.80 Å². The Morgan fingerprint density at radius 1 is 0.506 bits per heavy atom. The van der Waals surface area contributed by atoms with Crippen LogP contribution in [0.3, 0.4) is 0 Å². The predicted molar refractivity (Wildman–Crippen MR) is 329 cm³/mol. The zero-order valence-corrected chi connectivity index (χ0v) is 52.6. The Hall–Kier alpha value is -6.16. The molecule has 0 aromatic heterocycles. The first-order valence-electron chi connectivity index (χ1n) is 31.6. The molecule has 3 aromatic rings. The third-order valence-electron chi connectivity index (χ3n) is 21.4. The van der Waals surface area contributed by atoms with Crippen LogP contribution in [0.2, 0.25) is 0 Å². The number of esters is 1. The number of rotatable bonds is 18. The summed E-state index contributed by atoms with van der Waals surface area (Å²) in [6.45, 7) is 9.07. The van der Waals surface area contributed by atoms with Crippen molar-refractivity contribution in [3.05, 3.63) is 108 Å². The van der Waals surface area contributed by atoms with Crippen LogP contribution >= 0.6 is 0 Å². The highest BCUT2D eigenvalue weighted by molar-refractivity contribution is 5.86. The maximum absolute atomic E-state index is 13.5. The first-order valence-corrected chi connectivity index (χ1v) is 31.6. The molecular weight excluding hydrogens is 1110 g/mol. The first kappa shape index (κ1) is 63.8. The van der Waals surface area contributed by atoms with Gasteiger partial charge < -0.3 is 53.9 Å². The van der Waals surface area contributed by atoms with Crippen LogP contribution in [0.25, 0.3) is 0 Å². The Bertz CT molecular complexity index is 2860. The summed E-state index contributed by atoms with van der Waals surface area (Å²) in [4.78, 5) is 89.9. The molecule has 3 aliphatic carbocycles. The lowest BCUT2D eigenvalue weighted by Gasteiger charge is -2.51. The number of ketones is 1. The van der Waals surface area contributed by atoms with Crippen LogP contribution in [0, 0.1) is 17.8 Å². The molecule has 0 bridgehead atoms. The average molecular weight is 1200 g/mol. The van der Waals surface area contributed by atoms with Gasteiger partial charge >= 0.3 is 30.0 Å². The van der Waals surface area contributed by atoms with Gasteiger partial charge in [0, 0.05) is 67.1 Å². The Balaban J connectivity index is 0.000000147. The van der Waals surface area contributed by atoms with Gasteiger partial charge in [-0.05, 0) is 143 Å². The second kappa shape index (κ2) is 26.5. The topological polar surface area (TPSA) is 198 Å².